The van der Waals surface area contributed by atoms with Crippen LogP contribution in [-0.2, 0) is 19.5 Å². The third-order valence-electron chi connectivity index (χ3n) is 6.05. The van der Waals surface area contributed by atoms with Gasteiger partial charge in [-0.15, -0.1) is 11.3 Å². The maximum absolute atomic E-state index is 13.4. The number of halogens is 1. The first kappa shape index (κ1) is 26.5. The number of benzene rings is 2. The van der Waals surface area contributed by atoms with Crippen LogP contribution in [0.3, 0.4) is 0 Å². The molecule has 0 saturated heterocycles. The summed E-state index contributed by atoms with van der Waals surface area (Å²) in [5, 5.41) is 13.5. The molecule has 2 aromatic heterocycles. The first-order chi connectivity index (χ1) is 17.9. The van der Waals surface area contributed by atoms with E-state index in [2.05, 4.69) is 83.7 Å². The van der Waals surface area contributed by atoms with Crippen LogP contribution in [-0.4, -0.2) is 9.78 Å². The van der Waals surface area contributed by atoms with Crippen LogP contribution in [0.15, 0.2) is 102 Å². The summed E-state index contributed by atoms with van der Waals surface area (Å²) in [5.74, 6) is 0.735. The zero-order valence-corrected chi connectivity index (χ0v) is 22.8. The van der Waals surface area contributed by atoms with Crippen molar-refractivity contribution >= 4 is 34.9 Å². The second-order valence-electron chi connectivity index (χ2n) is 8.84. The normalized spacial score (nSPS) is 11.4. The first-order valence-corrected chi connectivity index (χ1v) is 13.6. The summed E-state index contributed by atoms with van der Waals surface area (Å²) >= 11 is 1.94. The summed E-state index contributed by atoms with van der Waals surface area (Å²) in [6, 6.07) is 20.7. The Morgan fingerprint density at radius 2 is 1.78 bits per heavy atom. The van der Waals surface area contributed by atoms with Crippen molar-refractivity contribution in [3.8, 4) is 0 Å². The topological polar surface area (TPSA) is 41.9 Å². The molecule has 2 aromatic carbocycles. The van der Waals surface area contributed by atoms with Gasteiger partial charge in [0.05, 0.1) is 28.9 Å². The molecule has 0 aliphatic rings. The summed E-state index contributed by atoms with van der Waals surface area (Å²) < 4.78 is 15.1. The van der Waals surface area contributed by atoms with Gasteiger partial charge in [0.25, 0.3) is 0 Å². The predicted molar refractivity (Wildman–Crippen MR) is 156 cm³/mol. The van der Waals surface area contributed by atoms with E-state index in [9.17, 15) is 3.89 Å². The van der Waals surface area contributed by atoms with E-state index in [1.54, 1.807) is 22.2 Å². The fourth-order valence-corrected chi connectivity index (χ4v) is 5.06. The van der Waals surface area contributed by atoms with Crippen molar-refractivity contribution in [2.45, 2.75) is 38.3 Å². The molecule has 0 saturated carbocycles. The Morgan fingerprint density at radius 3 is 2.46 bits per heavy atom. The van der Waals surface area contributed by atoms with Crippen LogP contribution in [0.2, 0.25) is 0 Å². The number of thiophene rings is 1. The standard InChI is InChI=1S/C30H31FN4S2/c1-21-9-5-6-13-28(21)22(2)15-30(35-24(4)29(37-31)20-34-35)33-19-26-11-7-10-25(17-26)18-32-23(3)16-27-12-8-14-36-27/h5-15,17,20,32-33H,2-3,16,18-19H2,1,4H3/b30-15-. The average Bonchev–Trinajstić information content (AvgIpc) is 3.55. The lowest BCUT2D eigenvalue weighted by atomic mass is 10.0. The second kappa shape index (κ2) is 12.6. The fourth-order valence-electron chi connectivity index (χ4n) is 4.03. The van der Waals surface area contributed by atoms with Crippen molar-refractivity contribution in [3.05, 3.63) is 130 Å². The first-order valence-electron chi connectivity index (χ1n) is 12.0. The van der Waals surface area contributed by atoms with Crippen LogP contribution in [0.4, 0.5) is 3.89 Å². The highest BCUT2D eigenvalue weighted by atomic mass is 32.2. The molecule has 190 valence electrons. The van der Waals surface area contributed by atoms with Crippen LogP contribution in [0, 0.1) is 13.8 Å². The Bertz CT molecular complexity index is 1400. The van der Waals surface area contributed by atoms with Gasteiger partial charge in [0.1, 0.15) is 5.82 Å². The number of aryl methyl sites for hydroxylation is 1. The summed E-state index contributed by atoms with van der Waals surface area (Å²) in [6.07, 6.45) is 4.34. The van der Waals surface area contributed by atoms with Gasteiger partial charge in [-0.25, -0.2) is 4.68 Å². The van der Waals surface area contributed by atoms with Crippen LogP contribution < -0.4 is 10.6 Å². The van der Waals surface area contributed by atoms with Crippen LogP contribution in [0.5, 0.6) is 0 Å². The average molecular weight is 531 g/mol. The number of nitrogens with one attached hydrogen (secondary N) is 2. The molecule has 4 aromatic rings. The van der Waals surface area contributed by atoms with E-state index in [1.807, 2.05) is 31.2 Å². The van der Waals surface area contributed by atoms with E-state index in [1.165, 1.54) is 10.4 Å². The highest BCUT2D eigenvalue weighted by Crippen LogP contribution is 2.26. The number of aromatic nitrogens is 2. The van der Waals surface area contributed by atoms with E-state index in [4.69, 9.17) is 0 Å². The van der Waals surface area contributed by atoms with Crippen molar-refractivity contribution in [2.24, 2.45) is 0 Å². The molecule has 2 heterocycles. The van der Waals surface area contributed by atoms with E-state index < -0.39 is 0 Å². The molecule has 0 atom stereocenters. The number of rotatable bonds is 12. The predicted octanol–water partition coefficient (Wildman–Crippen LogP) is 7.69. The van der Waals surface area contributed by atoms with E-state index in [0.29, 0.717) is 18.0 Å². The smallest absolute Gasteiger partial charge is 0.128 e. The minimum absolute atomic E-state index is 0.202. The van der Waals surface area contributed by atoms with Crippen LogP contribution in [0.25, 0.3) is 11.4 Å². The molecule has 0 amide bonds. The maximum atomic E-state index is 13.4. The molecular formula is C30H31FN4S2. The molecule has 4 rings (SSSR count). The van der Waals surface area contributed by atoms with E-state index in [0.717, 1.165) is 45.9 Å². The number of nitrogens with zero attached hydrogens (tertiary/aromatic N) is 2. The Balaban J connectivity index is 1.48. The minimum atomic E-state index is 0.202. The second-order valence-corrected chi connectivity index (χ2v) is 10.5. The lowest BCUT2D eigenvalue weighted by Crippen LogP contribution is -2.19. The summed E-state index contributed by atoms with van der Waals surface area (Å²) in [7, 11) is 0. The molecule has 7 heteroatoms. The molecule has 0 radical (unpaired) electrons. The minimum Gasteiger partial charge on any atom is -0.384 e. The lowest BCUT2D eigenvalue weighted by Gasteiger charge is -2.16. The summed E-state index contributed by atoms with van der Waals surface area (Å²) in [5.41, 5.74) is 7.08. The summed E-state index contributed by atoms with van der Waals surface area (Å²) in [6.45, 7) is 13.7. The van der Waals surface area contributed by atoms with Gasteiger partial charge in [-0.1, -0.05) is 67.8 Å². The third-order valence-corrected chi connectivity index (χ3v) is 7.50. The zero-order chi connectivity index (χ0) is 26.2. The Labute approximate surface area is 226 Å². The quantitative estimate of drug-likeness (QED) is 0.184. The fraction of sp³-hybridized carbons (Fsp3) is 0.167. The maximum Gasteiger partial charge on any atom is 0.128 e. The molecule has 0 aliphatic heterocycles. The molecule has 0 spiro atoms. The number of hydrogen-bond acceptors (Lipinski definition) is 5. The van der Waals surface area contributed by atoms with Crippen molar-refractivity contribution in [1.29, 1.82) is 0 Å². The largest absolute Gasteiger partial charge is 0.384 e. The van der Waals surface area contributed by atoms with Gasteiger partial charge >= 0.3 is 0 Å². The van der Waals surface area contributed by atoms with Gasteiger partial charge in [-0.2, -0.15) is 8.98 Å². The van der Waals surface area contributed by atoms with Crippen LogP contribution in [0.1, 0.15) is 32.8 Å². The van der Waals surface area contributed by atoms with E-state index in [-0.39, 0.29) is 12.1 Å². The van der Waals surface area contributed by atoms with Crippen molar-refractivity contribution in [2.75, 3.05) is 0 Å². The van der Waals surface area contributed by atoms with Gasteiger partial charge in [-0.05, 0) is 59.2 Å². The van der Waals surface area contributed by atoms with Gasteiger partial charge in [0, 0.05) is 30.1 Å². The molecule has 4 nitrogen and oxygen atoms in total. The molecule has 0 unspecified atom stereocenters. The van der Waals surface area contributed by atoms with E-state index >= 15 is 0 Å². The Hall–Kier alpha value is -3.55. The molecule has 0 fully saturated rings. The highest BCUT2D eigenvalue weighted by Gasteiger charge is 2.13. The van der Waals surface area contributed by atoms with Crippen molar-refractivity contribution < 1.29 is 3.89 Å². The van der Waals surface area contributed by atoms with Crippen LogP contribution >= 0.6 is 23.5 Å². The molecule has 2 N–H and O–H groups in total. The molecule has 0 bridgehead atoms. The zero-order valence-electron chi connectivity index (χ0n) is 21.1. The van der Waals surface area contributed by atoms with Gasteiger partial charge in [-0.3, -0.25) is 0 Å². The van der Waals surface area contributed by atoms with Gasteiger partial charge in [0.15, 0.2) is 0 Å². The summed E-state index contributed by atoms with van der Waals surface area (Å²) in [4.78, 5) is 1.79. The molecular weight excluding hydrogens is 499 g/mol. The molecule has 0 aliphatic carbocycles. The van der Waals surface area contributed by atoms with Crippen molar-refractivity contribution in [3.63, 3.8) is 0 Å². The highest BCUT2D eigenvalue weighted by molar-refractivity contribution is 7.94. The monoisotopic (exact) mass is 530 g/mol. The Kier molecular flexibility index (Phi) is 9.04. The lowest BCUT2D eigenvalue weighted by molar-refractivity contribution is 0.751. The van der Waals surface area contributed by atoms with Crippen molar-refractivity contribution in [1.82, 2.24) is 20.4 Å². The third kappa shape index (κ3) is 7.02. The number of hydrogen-bond donors (Lipinski definition) is 2. The van der Waals surface area contributed by atoms with Gasteiger partial charge < -0.3 is 10.6 Å². The van der Waals surface area contributed by atoms with Gasteiger partial charge in [0.2, 0.25) is 0 Å². The number of allylic oxidation sites excluding steroid dienone is 3. The SMILES string of the molecule is C=C(Cc1cccs1)NCc1cccc(CN/C(=C/C(=C)c2ccccc2C)n2ncc(SF)c2C)c1. The Morgan fingerprint density at radius 1 is 1.03 bits per heavy atom. The molecule has 37 heavy (non-hydrogen) atoms.